The molecule has 5 nitrogen and oxygen atoms in total. The number of halogens is 1. The molecule has 72 valence electrons. The minimum absolute atomic E-state index is 0. The van der Waals surface area contributed by atoms with Gasteiger partial charge in [-0.1, -0.05) is 0 Å². The van der Waals surface area contributed by atoms with Gasteiger partial charge in [0.1, 0.15) is 0 Å². The third kappa shape index (κ3) is 9.19. The first kappa shape index (κ1) is 13.8. The van der Waals surface area contributed by atoms with Crippen molar-refractivity contribution in [2.24, 2.45) is 0 Å². The van der Waals surface area contributed by atoms with Crippen LogP contribution in [0.4, 0.5) is 0 Å². The Kier molecular flexibility index (Phi) is 9.50. The van der Waals surface area contributed by atoms with E-state index in [-0.39, 0.29) is 25.2 Å². The van der Waals surface area contributed by atoms with Gasteiger partial charge in [0.15, 0.2) is 0 Å². The van der Waals surface area contributed by atoms with Gasteiger partial charge in [0.25, 0.3) is 0 Å². The largest absolute Gasteiger partial charge is 0.481 e. The lowest BCUT2D eigenvalue weighted by atomic mass is 10.2. The number of hydroxylamine groups is 1. The van der Waals surface area contributed by atoms with Gasteiger partial charge in [-0.15, -0.1) is 12.4 Å². The van der Waals surface area contributed by atoms with E-state index >= 15 is 0 Å². The summed E-state index contributed by atoms with van der Waals surface area (Å²) in [5, 5.41) is 8.19. The van der Waals surface area contributed by atoms with Crippen molar-refractivity contribution in [2.45, 2.75) is 19.3 Å². The van der Waals surface area contributed by atoms with Crippen LogP contribution >= 0.6 is 12.4 Å². The van der Waals surface area contributed by atoms with Crippen LogP contribution in [0.1, 0.15) is 19.3 Å². The quantitative estimate of drug-likeness (QED) is 0.622. The topological polar surface area (TPSA) is 75.6 Å². The van der Waals surface area contributed by atoms with Crippen LogP contribution in [0.15, 0.2) is 0 Å². The molecule has 0 unspecified atom stereocenters. The van der Waals surface area contributed by atoms with Crippen molar-refractivity contribution in [2.75, 3.05) is 7.05 Å². The second-order valence-corrected chi connectivity index (χ2v) is 1.93. The van der Waals surface area contributed by atoms with E-state index in [4.69, 9.17) is 5.11 Å². The Morgan fingerprint density at radius 2 is 2.00 bits per heavy atom. The number of carbonyl (C=O) groups is 2. The van der Waals surface area contributed by atoms with Crippen molar-refractivity contribution >= 4 is 24.3 Å². The number of carboxylic acid groups (broad SMARTS) is 1. The van der Waals surface area contributed by atoms with Crippen LogP contribution in [-0.2, 0) is 14.4 Å². The minimum atomic E-state index is -0.901. The zero-order chi connectivity index (χ0) is 8.69. The zero-order valence-electron chi connectivity index (χ0n) is 6.70. The molecule has 0 bridgehead atoms. The lowest BCUT2D eigenvalue weighted by Gasteiger charge is -1.98. The van der Waals surface area contributed by atoms with Crippen LogP contribution in [0.2, 0.25) is 0 Å². The van der Waals surface area contributed by atoms with Crippen molar-refractivity contribution in [3.63, 3.8) is 0 Å². The summed E-state index contributed by atoms with van der Waals surface area (Å²) in [5.41, 5.74) is 2.21. The molecule has 0 amide bonds. The molecular formula is C6H12ClNO4. The number of aliphatic carboxylic acids is 1. The summed E-state index contributed by atoms with van der Waals surface area (Å²) in [7, 11) is 1.47. The Morgan fingerprint density at radius 1 is 1.42 bits per heavy atom. The number of rotatable bonds is 5. The molecule has 0 aromatic carbocycles. The Bertz CT molecular complexity index is 150. The summed E-state index contributed by atoms with van der Waals surface area (Å²) in [6, 6.07) is 0. The van der Waals surface area contributed by atoms with E-state index in [0.29, 0.717) is 6.42 Å². The predicted octanol–water partition coefficient (Wildman–Crippen LogP) is 0.341. The highest BCUT2D eigenvalue weighted by molar-refractivity contribution is 5.85. The van der Waals surface area contributed by atoms with E-state index in [0.717, 1.165) is 0 Å². The van der Waals surface area contributed by atoms with Crippen molar-refractivity contribution in [3.05, 3.63) is 0 Å². The Labute approximate surface area is 76.5 Å². The lowest BCUT2D eigenvalue weighted by Crippen LogP contribution is -2.14. The molecule has 0 aliphatic rings. The number of nitrogens with one attached hydrogen (secondary N) is 1. The predicted molar refractivity (Wildman–Crippen MR) is 43.9 cm³/mol. The fraction of sp³-hybridized carbons (Fsp3) is 0.667. The molecule has 0 aromatic heterocycles. The molecule has 0 aliphatic heterocycles. The highest BCUT2D eigenvalue weighted by Gasteiger charge is 2.03. The normalized spacial score (nSPS) is 8.42. The Balaban J connectivity index is 0. The average molecular weight is 198 g/mol. The minimum Gasteiger partial charge on any atom is -0.481 e. The van der Waals surface area contributed by atoms with Gasteiger partial charge in [-0.25, -0.2) is 0 Å². The highest BCUT2D eigenvalue weighted by Crippen LogP contribution is 1.95. The number of carboxylic acids is 1. The molecule has 0 spiro atoms. The number of hydrogen-bond donors (Lipinski definition) is 2. The van der Waals surface area contributed by atoms with Crippen LogP contribution in [0, 0.1) is 0 Å². The molecule has 6 heteroatoms. The Hall–Kier alpha value is -0.810. The molecule has 0 rings (SSSR count). The van der Waals surface area contributed by atoms with Gasteiger partial charge in [-0.2, -0.15) is 5.48 Å². The molecule has 0 atom stereocenters. The summed E-state index contributed by atoms with van der Waals surface area (Å²) in [6.07, 6.45) is 0.446. The maximum atomic E-state index is 10.5. The van der Waals surface area contributed by atoms with Crippen molar-refractivity contribution < 1.29 is 19.5 Å². The SMILES string of the molecule is CNOC(=O)CCCC(=O)O.Cl. The first-order chi connectivity index (χ1) is 5.16. The van der Waals surface area contributed by atoms with Crippen LogP contribution < -0.4 is 5.48 Å². The monoisotopic (exact) mass is 197 g/mol. The van der Waals surface area contributed by atoms with Gasteiger partial charge >= 0.3 is 11.9 Å². The number of hydrogen-bond acceptors (Lipinski definition) is 4. The van der Waals surface area contributed by atoms with Crippen LogP contribution in [0.3, 0.4) is 0 Å². The van der Waals surface area contributed by atoms with Crippen LogP contribution in [-0.4, -0.2) is 24.1 Å². The standard InChI is InChI=1S/C6H11NO4.ClH/c1-7-11-6(10)4-2-3-5(8)9;/h7H,2-4H2,1H3,(H,8,9);1H. The van der Waals surface area contributed by atoms with Crippen molar-refractivity contribution in [1.82, 2.24) is 5.48 Å². The molecule has 0 radical (unpaired) electrons. The van der Waals surface area contributed by atoms with Gasteiger partial charge < -0.3 is 9.94 Å². The van der Waals surface area contributed by atoms with E-state index in [1.165, 1.54) is 7.05 Å². The summed E-state index contributed by atoms with van der Waals surface area (Å²) >= 11 is 0. The van der Waals surface area contributed by atoms with E-state index < -0.39 is 11.9 Å². The summed E-state index contributed by atoms with van der Waals surface area (Å²) in [5.74, 6) is -1.34. The first-order valence-corrected chi connectivity index (χ1v) is 3.25. The average Bonchev–Trinajstić information content (AvgIpc) is 1.87. The highest BCUT2D eigenvalue weighted by atomic mass is 35.5. The molecule has 0 saturated heterocycles. The smallest absolute Gasteiger partial charge is 0.324 e. The van der Waals surface area contributed by atoms with Gasteiger partial charge in [0, 0.05) is 19.9 Å². The Morgan fingerprint density at radius 3 is 2.42 bits per heavy atom. The van der Waals surface area contributed by atoms with E-state index in [1.54, 1.807) is 0 Å². The zero-order valence-corrected chi connectivity index (χ0v) is 7.52. The van der Waals surface area contributed by atoms with Gasteiger partial charge in [0.05, 0.1) is 0 Å². The molecule has 0 aromatic rings. The van der Waals surface area contributed by atoms with E-state index in [9.17, 15) is 9.59 Å². The van der Waals surface area contributed by atoms with Crippen molar-refractivity contribution in [3.8, 4) is 0 Å². The van der Waals surface area contributed by atoms with Gasteiger partial charge in [0.2, 0.25) is 0 Å². The van der Waals surface area contributed by atoms with Gasteiger partial charge in [-0.05, 0) is 6.42 Å². The van der Waals surface area contributed by atoms with Crippen LogP contribution in [0.5, 0.6) is 0 Å². The second kappa shape index (κ2) is 8.29. The number of carbonyl (C=O) groups excluding carboxylic acids is 1. The lowest BCUT2D eigenvalue weighted by molar-refractivity contribution is -0.150. The summed E-state index contributed by atoms with van der Waals surface area (Å²) in [4.78, 5) is 24.9. The summed E-state index contributed by atoms with van der Waals surface area (Å²) < 4.78 is 0. The molecule has 12 heavy (non-hydrogen) atoms. The molecule has 0 saturated carbocycles. The second-order valence-electron chi connectivity index (χ2n) is 1.93. The maximum absolute atomic E-state index is 10.5. The van der Waals surface area contributed by atoms with Crippen molar-refractivity contribution in [1.29, 1.82) is 0 Å². The maximum Gasteiger partial charge on any atom is 0.324 e. The summed E-state index contributed by atoms with van der Waals surface area (Å²) in [6.45, 7) is 0. The third-order valence-corrected chi connectivity index (χ3v) is 0.987. The van der Waals surface area contributed by atoms with E-state index in [1.807, 2.05) is 0 Å². The van der Waals surface area contributed by atoms with Crippen LogP contribution in [0.25, 0.3) is 0 Å². The van der Waals surface area contributed by atoms with Gasteiger partial charge in [-0.3, -0.25) is 9.59 Å². The molecule has 0 heterocycles. The molecule has 0 aliphatic carbocycles. The van der Waals surface area contributed by atoms with E-state index in [2.05, 4.69) is 10.3 Å². The molecule has 0 fully saturated rings. The molecule has 2 N–H and O–H groups in total. The fourth-order valence-corrected chi connectivity index (χ4v) is 0.549. The molecular weight excluding hydrogens is 186 g/mol. The first-order valence-electron chi connectivity index (χ1n) is 3.25. The fourth-order valence-electron chi connectivity index (χ4n) is 0.549. The third-order valence-electron chi connectivity index (χ3n) is 0.987.